The first-order chi connectivity index (χ1) is 19.0. The van der Waals surface area contributed by atoms with Gasteiger partial charge in [0.25, 0.3) is 0 Å². The largest absolute Gasteiger partial charge is 0.467 e. The third-order valence-electron chi connectivity index (χ3n) is 7.13. The van der Waals surface area contributed by atoms with E-state index in [1.54, 1.807) is 6.33 Å². The summed E-state index contributed by atoms with van der Waals surface area (Å²) in [6.07, 6.45) is 4.47. The Bertz CT molecular complexity index is 1340. The average molecular weight is 523 g/mol. The molecule has 2 N–H and O–H groups in total. The molecule has 8 nitrogen and oxygen atoms in total. The third-order valence-corrected chi connectivity index (χ3v) is 7.13. The van der Waals surface area contributed by atoms with Gasteiger partial charge >= 0.3 is 5.97 Å². The number of carbonyl (C=O) groups is 3. The molecule has 0 saturated carbocycles. The number of nitrogens with one attached hydrogen (secondary N) is 2. The number of nitrogens with zero attached hydrogens (tertiary/aromatic N) is 2. The lowest BCUT2D eigenvalue weighted by Crippen LogP contribution is -2.50. The van der Waals surface area contributed by atoms with Crippen molar-refractivity contribution in [1.29, 1.82) is 0 Å². The predicted octanol–water partition coefficient (Wildman–Crippen LogP) is 3.20. The molecule has 1 fully saturated rings. The van der Waals surface area contributed by atoms with E-state index in [-0.39, 0.29) is 18.7 Å². The summed E-state index contributed by atoms with van der Waals surface area (Å²) in [4.78, 5) is 41.7. The zero-order chi connectivity index (χ0) is 27.2. The quantitative estimate of drug-likeness (QED) is 0.260. The number of hydrogen-bond acceptors (Lipinski definition) is 5. The zero-order valence-corrected chi connectivity index (χ0v) is 21.6. The molecule has 0 bridgehead atoms. The molecule has 39 heavy (non-hydrogen) atoms. The average Bonchev–Trinajstić information content (AvgIpc) is 3.64. The van der Waals surface area contributed by atoms with Gasteiger partial charge in [-0.25, -0.2) is 9.78 Å². The molecular weight excluding hydrogens is 492 g/mol. The van der Waals surface area contributed by atoms with Gasteiger partial charge in [-0.3, -0.25) is 9.59 Å². The Balaban J connectivity index is 1.55. The molecule has 1 saturated heterocycles. The molecule has 5 rings (SSSR count). The number of methoxy groups -OCH3 is 1. The number of rotatable bonds is 9. The normalized spacial score (nSPS) is 15.8. The van der Waals surface area contributed by atoms with Gasteiger partial charge < -0.3 is 19.9 Å². The first-order valence-corrected chi connectivity index (χ1v) is 12.9. The molecule has 2 amide bonds. The fraction of sp³-hybridized carbons (Fsp3) is 0.226. The van der Waals surface area contributed by atoms with Crippen LogP contribution in [0, 0.1) is 0 Å². The lowest BCUT2D eigenvalue weighted by atomic mass is 9.77. The minimum absolute atomic E-state index is 0.126. The molecule has 2 atom stereocenters. The molecule has 4 aromatic rings. The molecule has 1 aliphatic heterocycles. The second-order valence-corrected chi connectivity index (χ2v) is 9.53. The highest BCUT2D eigenvalue weighted by Crippen LogP contribution is 2.40. The Morgan fingerprint density at radius 1 is 0.974 bits per heavy atom. The molecule has 1 aromatic heterocycles. The Morgan fingerprint density at radius 2 is 1.51 bits per heavy atom. The maximum atomic E-state index is 12.8. The van der Waals surface area contributed by atoms with Gasteiger partial charge in [0.15, 0.2) is 0 Å². The van der Waals surface area contributed by atoms with Crippen molar-refractivity contribution in [1.82, 2.24) is 20.2 Å². The van der Waals surface area contributed by atoms with E-state index in [4.69, 9.17) is 4.74 Å². The standard InChI is InChI=1S/C31H30N4O4/c1-39-30(38)27(34-29(37)26-17-18-28(36)33-26)19-25-20-35(21-32-25)31(22-11-5-2-6-12-22,23-13-7-3-8-14-23)24-15-9-4-10-16-24/h2-16,20-21,26-27H,17-19H2,1H3,(H,33,36)(H,34,37)/t26-,27-/m0/s1. The SMILES string of the molecule is COC(=O)[C@H](Cc1cn(C(c2ccccc2)(c2ccccc2)c2ccccc2)cn1)NC(=O)[C@@H]1CCC(=O)N1. The van der Waals surface area contributed by atoms with Gasteiger partial charge in [-0.15, -0.1) is 0 Å². The second kappa shape index (κ2) is 11.3. The van der Waals surface area contributed by atoms with Crippen LogP contribution in [0.5, 0.6) is 0 Å². The fourth-order valence-corrected chi connectivity index (χ4v) is 5.27. The maximum Gasteiger partial charge on any atom is 0.328 e. The number of carbonyl (C=O) groups excluding carboxylic acids is 3. The number of aromatic nitrogens is 2. The number of imidazole rings is 1. The van der Waals surface area contributed by atoms with Crippen LogP contribution in [-0.2, 0) is 31.1 Å². The van der Waals surface area contributed by atoms with Crippen LogP contribution in [0.15, 0.2) is 104 Å². The van der Waals surface area contributed by atoms with E-state index in [2.05, 4.69) is 56.6 Å². The first kappa shape index (κ1) is 25.9. The van der Waals surface area contributed by atoms with Crippen molar-refractivity contribution in [2.75, 3.05) is 7.11 Å². The number of esters is 1. The van der Waals surface area contributed by atoms with Crippen molar-refractivity contribution in [3.05, 3.63) is 126 Å². The summed E-state index contributed by atoms with van der Waals surface area (Å²) in [5.41, 5.74) is 2.99. The lowest BCUT2D eigenvalue weighted by Gasteiger charge is -2.37. The van der Waals surface area contributed by atoms with Crippen molar-refractivity contribution in [3.8, 4) is 0 Å². The molecule has 0 spiro atoms. The van der Waals surface area contributed by atoms with E-state index < -0.39 is 29.5 Å². The van der Waals surface area contributed by atoms with E-state index in [0.717, 1.165) is 16.7 Å². The Labute approximate surface area is 227 Å². The highest BCUT2D eigenvalue weighted by Gasteiger charge is 2.39. The third kappa shape index (κ3) is 5.18. The lowest BCUT2D eigenvalue weighted by molar-refractivity contribution is -0.145. The fourth-order valence-electron chi connectivity index (χ4n) is 5.27. The summed E-state index contributed by atoms with van der Waals surface area (Å²) in [6.45, 7) is 0. The van der Waals surface area contributed by atoms with Crippen LogP contribution in [0.2, 0.25) is 0 Å². The van der Waals surface area contributed by atoms with Gasteiger partial charge in [0.1, 0.15) is 17.6 Å². The highest BCUT2D eigenvalue weighted by molar-refractivity contribution is 5.93. The van der Waals surface area contributed by atoms with Crippen molar-refractivity contribution < 1.29 is 19.1 Å². The summed E-state index contributed by atoms with van der Waals surface area (Å²) < 4.78 is 7.03. The van der Waals surface area contributed by atoms with Crippen LogP contribution in [-0.4, -0.2) is 46.5 Å². The molecule has 3 aromatic carbocycles. The molecular formula is C31H30N4O4. The van der Waals surface area contributed by atoms with Gasteiger partial charge in [0.2, 0.25) is 11.8 Å². The van der Waals surface area contributed by atoms with E-state index in [1.807, 2.05) is 60.8 Å². The predicted molar refractivity (Wildman–Crippen MR) is 146 cm³/mol. The Hall–Kier alpha value is -4.72. The Kier molecular flexibility index (Phi) is 7.54. The topological polar surface area (TPSA) is 102 Å². The van der Waals surface area contributed by atoms with Crippen LogP contribution < -0.4 is 10.6 Å². The summed E-state index contributed by atoms with van der Waals surface area (Å²) in [5.74, 6) is -1.17. The van der Waals surface area contributed by atoms with Crippen LogP contribution in [0.1, 0.15) is 35.2 Å². The minimum atomic E-state index is -0.956. The van der Waals surface area contributed by atoms with Crippen molar-refractivity contribution in [3.63, 3.8) is 0 Å². The zero-order valence-electron chi connectivity index (χ0n) is 21.6. The second-order valence-electron chi connectivity index (χ2n) is 9.53. The van der Waals surface area contributed by atoms with Crippen LogP contribution >= 0.6 is 0 Å². The molecule has 8 heteroatoms. The monoisotopic (exact) mass is 522 g/mol. The smallest absolute Gasteiger partial charge is 0.328 e. The van der Waals surface area contributed by atoms with Gasteiger partial charge in [-0.2, -0.15) is 0 Å². The molecule has 0 radical (unpaired) electrons. The van der Waals surface area contributed by atoms with Gasteiger partial charge in [0.05, 0.1) is 19.1 Å². The first-order valence-electron chi connectivity index (χ1n) is 12.9. The van der Waals surface area contributed by atoms with Gasteiger partial charge in [-0.05, 0) is 23.1 Å². The number of hydrogen-bond donors (Lipinski definition) is 2. The van der Waals surface area contributed by atoms with Gasteiger partial charge in [-0.1, -0.05) is 91.0 Å². The summed E-state index contributed by atoms with van der Waals surface area (Å²) >= 11 is 0. The van der Waals surface area contributed by atoms with Crippen molar-refractivity contribution in [2.24, 2.45) is 0 Å². The van der Waals surface area contributed by atoms with Crippen LogP contribution in [0.3, 0.4) is 0 Å². The molecule has 1 aliphatic rings. The highest BCUT2D eigenvalue weighted by atomic mass is 16.5. The van der Waals surface area contributed by atoms with Gasteiger partial charge in [0, 0.05) is 19.0 Å². The summed E-state index contributed by atoms with van der Waals surface area (Å²) in [7, 11) is 1.28. The Morgan fingerprint density at radius 3 is 1.97 bits per heavy atom. The number of ether oxygens (including phenoxy) is 1. The summed E-state index contributed by atoms with van der Waals surface area (Å²) in [5, 5.41) is 5.38. The van der Waals surface area contributed by atoms with Crippen LogP contribution in [0.4, 0.5) is 0 Å². The van der Waals surface area contributed by atoms with E-state index in [1.165, 1.54) is 7.11 Å². The molecule has 198 valence electrons. The van der Waals surface area contributed by atoms with E-state index >= 15 is 0 Å². The summed E-state index contributed by atoms with van der Waals surface area (Å²) in [6, 6.07) is 29.0. The number of benzene rings is 3. The molecule has 0 unspecified atom stereocenters. The number of amides is 2. The molecule has 0 aliphatic carbocycles. The van der Waals surface area contributed by atoms with Crippen molar-refractivity contribution >= 4 is 17.8 Å². The molecule has 2 heterocycles. The van der Waals surface area contributed by atoms with E-state index in [9.17, 15) is 14.4 Å². The van der Waals surface area contributed by atoms with E-state index in [0.29, 0.717) is 12.1 Å². The van der Waals surface area contributed by atoms with Crippen LogP contribution in [0.25, 0.3) is 0 Å². The van der Waals surface area contributed by atoms with Crippen molar-refractivity contribution in [2.45, 2.75) is 36.9 Å². The maximum absolute atomic E-state index is 12.8. The minimum Gasteiger partial charge on any atom is -0.467 e.